The van der Waals surface area contributed by atoms with Crippen LogP contribution in [-0.2, 0) is 10.2 Å². The normalized spacial score (nSPS) is 9.83. The van der Waals surface area contributed by atoms with E-state index in [-0.39, 0.29) is 0 Å². The van der Waals surface area contributed by atoms with Crippen LogP contribution in [0.2, 0.25) is 0 Å². The van der Waals surface area contributed by atoms with Gasteiger partial charge in [-0.05, 0) is 11.8 Å². The SMILES string of the molecule is NS(=O)(=O)NCl.c1ccccc1. The Kier molecular flexibility index (Phi) is 5.65. The van der Waals surface area contributed by atoms with Crippen molar-refractivity contribution in [3.63, 3.8) is 0 Å². The Morgan fingerprint density at radius 2 is 1.17 bits per heavy atom. The second-order valence-corrected chi connectivity index (χ2v) is 3.48. The first kappa shape index (κ1) is 11.4. The van der Waals surface area contributed by atoms with Crippen LogP contribution >= 0.6 is 11.8 Å². The highest BCUT2D eigenvalue weighted by Gasteiger charge is 1.91. The predicted octanol–water partition coefficient (Wildman–Crippen LogP) is 0.620. The minimum Gasteiger partial charge on any atom is -0.215 e. The smallest absolute Gasteiger partial charge is 0.215 e. The maximum Gasteiger partial charge on any atom is 0.287 e. The number of hydrogen-bond acceptors (Lipinski definition) is 2. The second-order valence-electron chi connectivity index (χ2n) is 1.78. The van der Waals surface area contributed by atoms with Gasteiger partial charge in [0.25, 0.3) is 10.2 Å². The first-order chi connectivity index (χ1) is 5.56. The van der Waals surface area contributed by atoms with Crippen LogP contribution in [0.4, 0.5) is 0 Å². The zero-order valence-electron chi connectivity index (χ0n) is 6.14. The lowest BCUT2D eigenvalue weighted by molar-refractivity contribution is 0.596. The average molecular weight is 209 g/mol. The molecule has 1 aromatic rings. The van der Waals surface area contributed by atoms with E-state index in [1.807, 2.05) is 36.4 Å². The van der Waals surface area contributed by atoms with Gasteiger partial charge in [0.15, 0.2) is 0 Å². The van der Waals surface area contributed by atoms with Crippen LogP contribution in [0.1, 0.15) is 0 Å². The van der Waals surface area contributed by atoms with Crippen LogP contribution in [0, 0.1) is 0 Å². The summed E-state index contributed by atoms with van der Waals surface area (Å²) in [6, 6.07) is 12.0. The van der Waals surface area contributed by atoms with Crippen molar-refractivity contribution in [2.75, 3.05) is 0 Å². The molecule has 1 aromatic carbocycles. The molecule has 0 unspecified atom stereocenters. The lowest BCUT2D eigenvalue weighted by Gasteiger charge is -1.82. The molecule has 0 aliphatic heterocycles. The summed E-state index contributed by atoms with van der Waals surface area (Å²) >= 11 is 4.51. The molecule has 0 heterocycles. The van der Waals surface area contributed by atoms with E-state index in [1.165, 1.54) is 4.24 Å². The molecule has 68 valence electrons. The van der Waals surface area contributed by atoms with Gasteiger partial charge in [0, 0.05) is 0 Å². The van der Waals surface area contributed by atoms with Crippen molar-refractivity contribution in [2.45, 2.75) is 0 Å². The van der Waals surface area contributed by atoms with E-state index in [2.05, 4.69) is 16.9 Å². The summed E-state index contributed by atoms with van der Waals surface area (Å²) in [5.74, 6) is 0. The van der Waals surface area contributed by atoms with Gasteiger partial charge < -0.3 is 0 Å². The third-order valence-electron chi connectivity index (χ3n) is 0.774. The molecule has 4 nitrogen and oxygen atoms in total. The van der Waals surface area contributed by atoms with E-state index in [4.69, 9.17) is 0 Å². The molecule has 0 bridgehead atoms. The van der Waals surface area contributed by atoms with Crippen LogP contribution in [0.25, 0.3) is 0 Å². The van der Waals surface area contributed by atoms with Crippen molar-refractivity contribution in [1.29, 1.82) is 0 Å². The molecule has 0 saturated heterocycles. The Morgan fingerprint density at radius 3 is 1.25 bits per heavy atom. The standard InChI is InChI=1S/C6H6.ClH3N2O2S/c1-2-4-6-5-3-1;1-3-6(2,4)5/h1-6H;3H,(H2,2,4,5). The monoisotopic (exact) mass is 208 g/mol. The average Bonchev–Trinajstić information content (AvgIpc) is 2.07. The molecule has 0 fully saturated rings. The van der Waals surface area contributed by atoms with Gasteiger partial charge in [-0.15, -0.1) is 4.24 Å². The molecule has 0 spiro atoms. The molecule has 0 aliphatic carbocycles. The Balaban J connectivity index is 0.000000202. The van der Waals surface area contributed by atoms with E-state index in [0.29, 0.717) is 0 Å². The van der Waals surface area contributed by atoms with Gasteiger partial charge >= 0.3 is 0 Å². The van der Waals surface area contributed by atoms with Crippen molar-refractivity contribution in [3.8, 4) is 0 Å². The van der Waals surface area contributed by atoms with Crippen LogP contribution in [0.5, 0.6) is 0 Å². The van der Waals surface area contributed by atoms with E-state index < -0.39 is 10.2 Å². The molecule has 0 radical (unpaired) electrons. The second kappa shape index (κ2) is 5.96. The molecule has 3 N–H and O–H groups in total. The Bertz CT molecular complexity index is 261. The van der Waals surface area contributed by atoms with Crippen molar-refractivity contribution in [2.24, 2.45) is 5.14 Å². The summed E-state index contributed by atoms with van der Waals surface area (Å²) in [6.45, 7) is 0. The highest BCUT2D eigenvalue weighted by molar-refractivity contribution is 7.88. The van der Waals surface area contributed by atoms with Crippen LogP contribution in [0.15, 0.2) is 36.4 Å². The van der Waals surface area contributed by atoms with E-state index in [1.54, 1.807) is 0 Å². The minimum absolute atomic E-state index is 1.33. The number of rotatable bonds is 1. The van der Waals surface area contributed by atoms with Gasteiger partial charge in [0.2, 0.25) is 0 Å². The van der Waals surface area contributed by atoms with Gasteiger partial charge in [-0.1, -0.05) is 36.4 Å². The summed E-state index contributed by atoms with van der Waals surface area (Å²) in [5, 5.41) is 4.26. The molecule has 0 aliphatic rings. The highest BCUT2D eigenvalue weighted by atomic mass is 35.5. The van der Waals surface area contributed by atoms with Crippen molar-refractivity contribution in [3.05, 3.63) is 36.4 Å². The highest BCUT2D eigenvalue weighted by Crippen LogP contribution is 1.79. The molecule has 0 atom stereocenters. The van der Waals surface area contributed by atoms with Gasteiger partial charge in [-0.2, -0.15) is 8.42 Å². The lowest BCUT2D eigenvalue weighted by Crippen LogP contribution is -2.22. The van der Waals surface area contributed by atoms with E-state index in [9.17, 15) is 8.42 Å². The third kappa shape index (κ3) is 9.38. The molecule has 1 rings (SSSR count). The third-order valence-corrected chi connectivity index (χ3v) is 1.63. The maximum atomic E-state index is 9.53. The van der Waals surface area contributed by atoms with Crippen molar-refractivity contribution >= 4 is 22.0 Å². The topological polar surface area (TPSA) is 72.2 Å². The molecular formula is C6H9ClN2O2S. The van der Waals surface area contributed by atoms with Gasteiger partial charge in [-0.25, -0.2) is 5.14 Å². The quantitative estimate of drug-likeness (QED) is 0.665. The molecular weight excluding hydrogens is 200 g/mol. The van der Waals surface area contributed by atoms with Crippen LogP contribution in [-0.4, -0.2) is 8.42 Å². The number of halogens is 1. The molecule has 0 aromatic heterocycles. The number of nitrogens with one attached hydrogen (secondary N) is 1. The van der Waals surface area contributed by atoms with Crippen LogP contribution in [0.3, 0.4) is 0 Å². The fourth-order valence-electron chi connectivity index (χ4n) is 0.385. The first-order valence-corrected chi connectivity index (χ1v) is 4.89. The first-order valence-electron chi connectivity index (χ1n) is 2.96. The Hall–Kier alpha value is -0.620. The summed E-state index contributed by atoms with van der Waals surface area (Å²) in [6.07, 6.45) is 0. The van der Waals surface area contributed by atoms with Crippen LogP contribution < -0.4 is 9.38 Å². The minimum atomic E-state index is -3.65. The maximum absolute atomic E-state index is 9.53. The predicted molar refractivity (Wildman–Crippen MR) is 48.5 cm³/mol. The fourth-order valence-corrected chi connectivity index (χ4v) is 0.385. The van der Waals surface area contributed by atoms with E-state index >= 15 is 0 Å². The Morgan fingerprint density at radius 1 is 1.00 bits per heavy atom. The summed E-state index contributed by atoms with van der Waals surface area (Å²) in [5.41, 5.74) is 0. The summed E-state index contributed by atoms with van der Waals surface area (Å²) in [7, 11) is -3.65. The zero-order chi connectivity index (χ0) is 9.45. The summed E-state index contributed by atoms with van der Waals surface area (Å²) < 4.78 is 20.4. The zero-order valence-corrected chi connectivity index (χ0v) is 7.72. The largest absolute Gasteiger partial charge is 0.287 e. The number of benzene rings is 1. The van der Waals surface area contributed by atoms with Gasteiger partial charge in [0.1, 0.15) is 0 Å². The van der Waals surface area contributed by atoms with Crippen molar-refractivity contribution in [1.82, 2.24) is 4.24 Å². The fraction of sp³-hybridized carbons (Fsp3) is 0. The van der Waals surface area contributed by atoms with E-state index in [0.717, 1.165) is 0 Å². The summed E-state index contributed by atoms with van der Waals surface area (Å²) in [4.78, 5) is 0. The molecule has 6 heteroatoms. The number of nitrogens with two attached hydrogens (primary N) is 1. The lowest BCUT2D eigenvalue weighted by atomic mass is 10.4. The number of hydrogen-bond donors (Lipinski definition) is 2. The molecule has 0 amide bonds. The molecule has 0 saturated carbocycles. The van der Waals surface area contributed by atoms with Crippen molar-refractivity contribution < 1.29 is 8.42 Å². The Labute approximate surface area is 76.6 Å². The molecule has 12 heavy (non-hydrogen) atoms. The van der Waals surface area contributed by atoms with Gasteiger partial charge in [0.05, 0.1) is 0 Å². The van der Waals surface area contributed by atoms with Gasteiger partial charge in [-0.3, -0.25) is 0 Å².